The molecular formula is C55H91N17O24. The van der Waals surface area contributed by atoms with Crippen LogP contribution >= 0.6 is 0 Å². The molecule has 0 aromatic rings. The Morgan fingerprint density at radius 2 is 0.844 bits per heavy atom. The number of carbonyl (C=O) groups is 17. The third-order valence-electron chi connectivity index (χ3n) is 14.5. The van der Waals surface area contributed by atoms with Crippen LogP contribution in [-0.4, -0.2) is 253 Å². The van der Waals surface area contributed by atoms with Crippen molar-refractivity contribution in [3.05, 3.63) is 0 Å². The normalized spacial score (nSPS) is 16.0. The summed E-state index contributed by atoms with van der Waals surface area (Å²) >= 11 is 0. The quantitative estimate of drug-likeness (QED) is 0.0153. The summed E-state index contributed by atoms with van der Waals surface area (Å²) in [7, 11) is 0. The Kier molecular flexibility index (Phi) is 37.8. The van der Waals surface area contributed by atoms with Gasteiger partial charge in [-0.3, -0.25) is 81.7 Å². The summed E-state index contributed by atoms with van der Waals surface area (Å²) in [6.45, 7) is 1.53. The highest BCUT2D eigenvalue weighted by Crippen LogP contribution is 2.21. The molecule has 1 rings (SSSR count). The molecule has 0 spiro atoms. The van der Waals surface area contributed by atoms with E-state index in [1.807, 2.05) is 0 Å². The number of amides is 12. The standard InChI is InChI=1S/C55H91N17O24/c1-25(2)42(54(95)96)71-52(93)36-10-7-21-72(36)53(94)33(22-37(58)75)68-49(90)31(13-17-40(80)81)63-43(84)26(3)62-45(86)30(12-16-39(78)79)66-50(91)34(23-73)70-47(88)29(9-6-20-61-55(59)60)65-48(89)32(14-18-41(82)83)67-51(92)35(24-74)69-46(87)28(8-4-5-19-56)64-44(85)27(57)11-15-38(76)77/h25-36,42,73-74H,4-24,56-57H2,1-3H3,(H2,58,75)(H,62,86)(H,63,84)(H,64,85)(H,65,89)(H,66,91)(H,67,92)(H,68,90)(H,69,87)(H,70,88)(H,71,93)(H,76,77)(H,78,79)(H,80,81)(H,82,83)(H,95,96)(H4,59,60,61)/t26-,27-,28-,29-,30-,31-,32-,33-,34-,35-,36-,42-/m0/s1. The fraction of sp³-hybridized carbons (Fsp3) is 0.673. The molecule has 0 saturated carbocycles. The number of aliphatic imine (C=N–C) groups is 1. The number of aliphatic carboxylic acids is 5. The molecular weight excluding hydrogens is 1280 g/mol. The Balaban J connectivity index is 3.49. The number of aliphatic hydroxyl groups excluding tert-OH is 2. The number of hydrogen-bond acceptors (Lipinski definition) is 22. The number of carboxylic acid groups (broad SMARTS) is 5. The number of unbranched alkanes of at least 4 members (excludes halogenated alkanes) is 1. The molecule has 27 N–H and O–H groups in total. The number of carbonyl (C=O) groups excluding carboxylic acids is 12. The average molecular weight is 1370 g/mol. The van der Waals surface area contributed by atoms with Crippen LogP contribution in [0.2, 0.25) is 0 Å². The molecule has 0 aliphatic carbocycles. The zero-order chi connectivity index (χ0) is 73.1. The Bertz CT molecular complexity index is 2810. The number of nitrogens with zero attached hydrogens (tertiary/aromatic N) is 2. The summed E-state index contributed by atoms with van der Waals surface area (Å²) in [4.78, 5) is 225. The first kappa shape index (κ1) is 84.1. The number of nitrogens with two attached hydrogens (primary N) is 5. The minimum atomic E-state index is -2.06. The van der Waals surface area contributed by atoms with Crippen molar-refractivity contribution in [2.45, 2.75) is 196 Å². The lowest BCUT2D eigenvalue weighted by Gasteiger charge is -2.30. The molecule has 0 bridgehead atoms. The highest BCUT2D eigenvalue weighted by molar-refractivity contribution is 6.00. The lowest BCUT2D eigenvalue weighted by Crippen LogP contribution is -2.61. The van der Waals surface area contributed by atoms with Crippen LogP contribution < -0.4 is 81.8 Å². The van der Waals surface area contributed by atoms with E-state index in [1.165, 1.54) is 13.8 Å². The van der Waals surface area contributed by atoms with Crippen molar-refractivity contribution in [2.24, 2.45) is 39.6 Å². The van der Waals surface area contributed by atoms with Crippen molar-refractivity contribution in [1.29, 1.82) is 0 Å². The molecule has 0 aromatic heterocycles. The van der Waals surface area contributed by atoms with Crippen molar-refractivity contribution in [1.82, 2.24) is 58.1 Å². The van der Waals surface area contributed by atoms with E-state index in [2.05, 4.69) is 58.2 Å². The predicted octanol–water partition coefficient (Wildman–Crippen LogP) is -9.58. The van der Waals surface area contributed by atoms with E-state index >= 15 is 0 Å². The smallest absolute Gasteiger partial charge is 0.326 e. The second kappa shape index (κ2) is 43.2. The third-order valence-corrected chi connectivity index (χ3v) is 14.5. The second-order valence-electron chi connectivity index (χ2n) is 22.6. The van der Waals surface area contributed by atoms with Crippen molar-refractivity contribution < 1.29 is 117 Å². The van der Waals surface area contributed by atoms with Crippen molar-refractivity contribution in [3.8, 4) is 0 Å². The number of hydrogen-bond donors (Lipinski definition) is 22. The number of likely N-dealkylation sites (tertiary alicyclic amines) is 1. The molecule has 540 valence electrons. The first-order valence-corrected chi connectivity index (χ1v) is 30.4. The van der Waals surface area contributed by atoms with E-state index in [1.54, 1.807) is 0 Å². The Hall–Kier alpha value is -9.90. The molecule has 96 heavy (non-hydrogen) atoms. The maximum Gasteiger partial charge on any atom is 0.326 e. The van der Waals surface area contributed by atoms with Gasteiger partial charge in [0, 0.05) is 38.8 Å². The van der Waals surface area contributed by atoms with Crippen molar-refractivity contribution >= 4 is 107 Å². The molecule has 12 atom stereocenters. The Morgan fingerprint density at radius 1 is 0.469 bits per heavy atom. The average Bonchev–Trinajstić information content (AvgIpc) is 1.63. The maximum absolute atomic E-state index is 14.0. The summed E-state index contributed by atoms with van der Waals surface area (Å²) in [6.07, 6.45) is -6.07. The molecule has 0 aromatic carbocycles. The van der Waals surface area contributed by atoms with Crippen LogP contribution in [0.1, 0.15) is 124 Å². The zero-order valence-corrected chi connectivity index (χ0v) is 53.2. The number of primary amides is 1. The van der Waals surface area contributed by atoms with E-state index in [-0.39, 0.29) is 58.2 Å². The maximum atomic E-state index is 14.0. The summed E-state index contributed by atoms with van der Waals surface area (Å²) in [6, 6.07) is -20.4. The first-order chi connectivity index (χ1) is 45.0. The zero-order valence-electron chi connectivity index (χ0n) is 53.2. The van der Waals surface area contributed by atoms with Gasteiger partial charge >= 0.3 is 29.8 Å². The molecule has 1 saturated heterocycles. The summed E-state index contributed by atoms with van der Waals surface area (Å²) in [5, 5.41) is 90.0. The molecule has 0 radical (unpaired) electrons. The number of aliphatic hydroxyl groups is 2. The summed E-state index contributed by atoms with van der Waals surface area (Å²) in [5.41, 5.74) is 27.6. The second-order valence-corrected chi connectivity index (χ2v) is 22.6. The van der Waals surface area contributed by atoms with Gasteiger partial charge < -0.3 is 122 Å². The van der Waals surface area contributed by atoms with Crippen LogP contribution in [0.15, 0.2) is 4.99 Å². The Labute approximate surface area is 549 Å². The van der Waals surface area contributed by atoms with E-state index in [4.69, 9.17) is 33.8 Å². The molecule has 1 heterocycles. The SMILES string of the molecule is CC(C)[C@H](NC(=O)[C@@H]1CCCN1C(=O)[C@H](CC(N)=O)NC(=O)[C@H](CCC(=O)O)NC(=O)[C@H](C)NC(=O)[C@H](CCC(=O)O)NC(=O)[C@H](CO)NC(=O)[C@H](CCCN=C(N)N)NC(=O)[C@H](CCC(=O)O)NC(=O)[C@H](CO)NC(=O)[C@H](CCCCN)NC(=O)[C@@H](N)CCC(=O)O)C(=O)O. The lowest BCUT2D eigenvalue weighted by molar-refractivity contribution is -0.146. The van der Waals surface area contributed by atoms with Crippen LogP contribution in [0.4, 0.5) is 0 Å². The predicted molar refractivity (Wildman–Crippen MR) is 328 cm³/mol. The first-order valence-electron chi connectivity index (χ1n) is 30.4. The minimum Gasteiger partial charge on any atom is -0.481 e. The van der Waals surface area contributed by atoms with Gasteiger partial charge in [0.1, 0.15) is 66.5 Å². The van der Waals surface area contributed by atoms with Crippen LogP contribution in [0.5, 0.6) is 0 Å². The molecule has 12 amide bonds. The van der Waals surface area contributed by atoms with Gasteiger partial charge in [-0.2, -0.15) is 0 Å². The number of rotatable bonds is 47. The van der Waals surface area contributed by atoms with Gasteiger partial charge in [0.2, 0.25) is 70.9 Å². The van der Waals surface area contributed by atoms with Crippen molar-refractivity contribution in [3.63, 3.8) is 0 Å². The van der Waals surface area contributed by atoms with Crippen molar-refractivity contribution in [2.75, 3.05) is 32.8 Å². The topological polar surface area (TPSA) is 698 Å². The Morgan fingerprint density at radius 3 is 1.24 bits per heavy atom. The van der Waals surface area contributed by atoms with Gasteiger partial charge in [-0.05, 0) is 90.0 Å². The number of nitrogens with one attached hydrogen (secondary N) is 10. The van der Waals surface area contributed by atoms with E-state index in [0.717, 1.165) is 11.8 Å². The van der Waals surface area contributed by atoms with Gasteiger partial charge in [0.15, 0.2) is 5.96 Å². The molecule has 41 heteroatoms. The van der Waals surface area contributed by atoms with Crippen LogP contribution in [-0.2, 0) is 81.5 Å². The fourth-order valence-electron chi connectivity index (χ4n) is 9.20. The molecule has 1 aliphatic rings. The molecule has 41 nitrogen and oxygen atoms in total. The van der Waals surface area contributed by atoms with Gasteiger partial charge in [-0.25, -0.2) is 4.79 Å². The third kappa shape index (κ3) is 31.4. The number of carboxylic acids is 5. The largest absolute Gasteiger partial charge is 0.481 e. The summed E-state index contributed by atoms with van der Waals surface area (Å²) in [5.74, 6) is -22.2. The van der Waals surface area contributed by atoms with Gasteiger partial charge in [-0.1, -0.05) is 13.8 Å². The minimum absolute atomic E-state index is 0.0457. The monoisotopic (exact) mass is 1370 g/mol. The van der Waals surface area contributed by atoms with Crippen LogP contribution in [0.3, 0.4) is 0 Å². The highest BCUT2D eigenvalue weighted by Gasteiger charge is 2.41. The van der Waals surface area contributed by atoms with Crippen LogP contribution in [0.25, 0.3) is 0 Å². The van der Waals surface area contributed by atoms with Gasteiger partial charge in [-0.15, -0.1) is 0 Å². The van der Waals surface area contributed by atoms with Gasteiger partial charge in [0.05, 0.1) is 25.7 Å². The van der Waals surface area contributed by atoms with Crippen LogP contribution in [0, 0.1) is 5.92 Å². The fourth-order valence-corrected chi connectivity index (χ4v) is 9.20. The lowest BCUT2D eigenvalue weighted by atomic mass is 10.0. The summed E-state index contributed by atoms with van der Waals surface area (Å²) < 4.78 is 0. The van der Waals surface area contributed by atoms with E-state index in [9.17, 15) is 112 Å². The molecule has 1 fully saturated rings. The number of guanidine groups is 1. The highest BCUT2D eigenvalue weighted by atomic mass is 16.4. The van der Waals surface area contributed by atoms with E-state index < -0.39 is 256 Å². The molecule has 1 aliphatic heterocycles. The van der Waals surface area contributed by atoms with Gasteiger partial charge in [0.25, 0.3) is 0 Å². The van der Waals surface area contributed by atoms with E-state index in [0.29, 0.717) is 6.42 Å². The molecule has 0 unspecified atom stereocenters.